The van der Waals surface area contributed by atoms with Crippen molar-refractivity contribution in [1.29, 1.82) is 0 Å². The largest absolute Gasteiger partial charge is 0.409 e. The first-order chi connectivity index (χ1) is 9.17. The smallest absolute Gasteiger partial charge is 0.233 e. The molecule has 19 heavy (non-hydrogen) atoms. The van der Waals surface area contributed by atoms with Gasteiger partial charge in [-0.2, -0.15) is 0 Å². The Balaban J connectivity index is 2.43. The number of carbonyl (C=O) groups excluding carboxylic acids is 1. The van der Waals surface area contributed by atoms with Gasteiger partial charge in [-0.1, -0.05) is 12.1 Å². The van der Waals surface area contributed by atoms with E-state index in [-0.39, 0.29) is 18.3 Å². The summed E-state index contributed by atoms with van der Waals surface area (Å²) in [5.41, 5.74) is 6.75. The molecule has 104 valence electrons. The summed E-state index contributed by atoms with van der Waals surface area (Å²) in [6, 6.07) is 3.50. The van der Waals surface area contributed by atoms with Crippen LogP contribution in [0.3, 0.4) is 0 Å². The summed E-state index contributed by atoms with van der Waals surface area (Å²) in [6.45, 7) is 3.44. The topological polar surface area (TPSA) is 113 Å². The molecule has 1 heterocycles. The molecule has 0 fully saturated rings. The molecule has 1 aromatic rings. The number of aromatic nitrogens is 1. The van der Waals surface area contributed by atoms with E-state index >= 15 is 0 Å². The molecule has 0 unspecified atom stereocenters. The lowest BCUT2D eigenvalue weighted by molar-refractivity contribution is -0.120. The number of nitrogens with two attached hydrogens (primary N) is 1. The first-order valence-corrected chi connectivity index (χ1v) is 6.07. The van der Waals surface area contributed by atoms with Gasteiger partial charge in [0, 0.05) is 19.3 Å². The summed E-state index contributed by atoms with van der Waals surface area (Å²) in [5, 5.41) is 17.2. The van der Waals surface area contributed by atoms with Crippen LogP contribution in [0.4, 0.5) is 0 Å². The molecule has 0 aliphatic heterocycles. The second-order valence-corrected chi connectivity index (χ2v) is 3.99. The Morgan fingerprint density at radius 1 is 1.58 bits per heavy atom. The molecule has 0 saturated heterocycles. The highest BCUT2D eigenvalue weighted by atomic mass is 16.4. The van der Waals surface area contributed by atoms with Crippen molar-refractivity contribution >= 4 is 11.7 Å². The van der Waals surface area contributed by atoms with Crippen LogP contribution >= 0.6 is 0 Å². The third kappa shape index (κ3) is 5.35. The minimum atomic E-state index is -0.0393. The molecular formula is C12H19N5O2. The summed E-state index contributed by atoms with van der Waals surface area (Å²) < 4.78 is 0. The van der Waals surface area contributed by atoms with E-state index in [0.717, 1.165) is 12.0 Å². The van der Waals surface area contributed by atoms with Gasteiger partial charge in [-0.3, -0.25) is 9.78 Å². The Morgan fingerprint density at radius 3 is 3.05 bits per heavy atom. The van der Waals surface area contributed by atoms with Gasteiger partial charge in [0.2, 0.25) is 5.91 Å². The zero-order valence-electron chi connectivity index (χ0n) is 10.9. The summed E-state index contributed by atoms with van der Waals surface area (Å²) in [4.78, 5) is 15.3. The maximum atomic E-state index is 11.4. The quantitative estimate of drug-likeness (QED) is 0.236. The number of hydrogen-bond acceptors (Lipinski definition) is 5. The fraction of sp³-hybridized carbons (Fsp3) is 0.417. The van der Waals surface area contributed by atoms with Crippen LogP contribution in [0.1, 0.15) is 24.6 Å². The van der Waals surface area contributed by atoms with Crippen LogP contribution in [0.25, 0.3) is 0 Å². The van der Waals surface area contributed by atoms with Crippen molar-refractivity contribution in [2.24, 2.45) is 10.9 Å². The van der Waals surface area contributed by atoms with E-state index in [1.165, 1.54) is 0 Å². The Hall–Kier alpha value is -2.15. The van der Waals surface area contributed by atoms with E-state index in [9.17, 15) is 4.79 Å². The number of carbonyl (C=O) groups is 1. The number of rotatable bonds is 7. The van der Waals surface area contributed by atoms with Gasteiger partial charge in [-0.15, -0.1) is 0 Å². The minimum absolute atomic E-state index is 0.0347. The van der Waals surface area contributed by atoms with E-state index in [2.05, 4.69) is 20.8 Å². The van der Waals surface area contributed by atoms with E-state index in [0.29, 0.717) is 18.8 Å². The zero-order valence-corrected chi connectivity index (χ0v) is 10.9. The van der Waals surface area contributed by atoms with E-state index in [1.807, 2.05) is 6.92 Å². The number of amides is 1. The number of pyridine rings is 1. The Bertz CT molecular complexity index is 448. The van der Waals surface area contributed by atoms with Crippen LogP contribution in [0.2, 0.25) is 0 Å². The van der Waals surface area contributed by atoms with E-state index in [1.54, 1.807) is 18.3 Å². The highest BCUT2D eigenvalue weighted by Gasteiger charge is 2.03. The van der Waals surface area contributed by atoms with Crippen molar-refractivity contribution in [2.75, 3.05) is 13.1 Å². The SMILES string of the molecule is CCCNC(=O)CNCc1ccnc(C(N)=NO)c1. The molecule has 0 radical (unpaired) electrons. The average molecular weight is 265 g/mol. The normalized spacial score (nSPS) is 11.3. The Kier molecular flexibility index (Phi) is 6.31. The summed E-state index contributed by atoms with van der Waals surface area (Å²) in [7, 11) is 0. The van der Waals surface area contributed by atoms with Crippen LogP contribution in [-0.2, 0) is 11.3 Å². The molecule has 0 aromatic carbocycles. The molecule has 0 aliphatic rings. The summed E-state index contributed by atoms with van der Waals surface area (Å²) >= 11 is 0. The lowest BCUT2D eigenvalue weighted by atomic mass is 10.2. The molecule has 0 bridgehead atoms. The standard InChI is InChI=1S/C12H19N5O2/c1-2-4-16-11(18)8-14-7-9-3-5-15-10(6-9)12(13)17-19/h3,5-6,14,19H,2,4,7-8H2,1H3,(H2,13,17)(H,16,18). The predicted octanol–water partition coefficient (Wildman–Crippen LogP) is -0.208. The van der Waals surface area contributed by atoms with Crippen molar-refractivity contribution in [3.8, 4) is 0 Å². The summed E-state index contributed by atoms with van der Waals surface area (Å²) in [6.07, 6.45) is 2.49. The Morgan fingerprint density at radius 2 is 2.37 bits per heavy atom. The number of amidine groups is 1. The summed E-state index contributed by atoms with van der Waals surface area (Å²) in [5.74, 6) is -0.0740. The van der Waals surface area contributed by atoms with Crippen molar-refractivity contribution in [3.05, 3.63) is 29.6 Å². The minimum Gasteiger partial charge on any atom is -0.409 e. The van der Waals surface area contributed by atoms with Crippen LogP contribution in [-0.4, -0.2) is 35.0 Å². The van der Waals surface area contributed by atoms with Gasteiger partial charge in [0.05, 0.1) is 6.54 Å². The van der Waals surface area contributed by atoms with Gasteiger partial charge < -0.3 is 21.6 Å². The van der Waals surface area contributed by atoms with Gasteiger partial charge in [0.15, 0.2) is 5.84 Å². The third-order valence-corrected chi connectivity index (χ3v) is 2.38. The van der Waals surface area contributed by atoms with E-state index in [4.69, 9.17) is 10.9 Å². The number of nitrogens with zero attached hydrogens (tertiary/aromatic N) is 2. The Labute approximate surface area is 111 Å². The molecular weight excluding hydrogens is 246 g/mol. The van der Waals surface area contributed by atoms with E-state index < -0.39 is 0 Å². The molecule has 1 amide bonds. The highest BCUT2D eigenvalue weighted by Crippen LogP contribution is 2.01. The molecule has 5 N–H and O–H groups in total. The van der Waals surface area contributed by atoms with Gasteiger partial charge in [-0.05, 0) is 24.1 Å². The zero-order chi connectivity index (χ0) is 14.1. The molecule has 0 spiro atoms. The van der Waals surface area contributed by atoms with Crippen LogP contribution < -0.4 is 16.4 Å². The molecule has 7 heteroatoms. The van der Waals surface area contributed by atoms with Gasteiger partial charge in [0.25, 0.3) is 0 Å². The molecule has 7 nitrogen and oxygen atoms in total. The molecule has 0 saturated carbocycles. The van der Waals surface area contributed by atoms with Crippen LogP contribution in [0.5, 0.6) is 0 Å². The van der Waals surface area contributed by atoms with Crippen molar-refractivity contribution < 1.29 is 10.0 Å². The van der Waals surface area contributed by atoms with Crippen LogP contribution in [0, 0.1) is 0 Å². The van der Waals surface area contributed by atoms with Gasteiger partial charge >= 0.3 is 0 Å². The van der Waals surface area contributed by atoms with Crippen molar-refractivity contribution in [1.82, 2.24) is 15.6 Å². The molecule has 1 aromatic heterocycles. The number of nitrogens with one attached hydrogen (secondary N) is 2. The predicted molar refractivity (Wildman–Crippen MR) is 71.8 cm³/mol. The lowest BCUT2D eigenvalue weighted by Crippen LogP contribution is -2.34. The van der Waals surface area contributed by atoms with Gasteiger partial charge in [0.1, 0.15) is 5.69 Å². The fourth-order valence-electron chi connectivity index (χ4n) is 1.42. The van der Waals surface area contributed by atoms with Gasteiger partial charge in [-0.25, -0.2) is 0 Å². The second kappa shape index (κ2) is 8.04. The molecule has 1 rings (SSSR count). The monoisotopic (exact) mass is 265 g/mol. The highest BCUT2D eigenvalue weighted by molar-refractivity contribution is 5.95. The third-order valence-electron chi connectivity index (χ3n) is 2.38. The molecule has 0 atom stereocenters. The fourth-order valence-corrected chi connectivity index (χ4v) is 1.42. The van der Waals surface area contributed by atoms with Crippen LogP contribution in [0.15, 0.2) is 23.5 Å². The first kappa shape index (κ1) is 14.9. The van der Waals surface area contributed by atoms with Crippen molar-refractivity contribution in [3.63, 3.8) is 0 Å². The van der Waals surface area contributed by atoms with Crippen molar-refractivity contribution in [2.45, 2.75) is 19.9 Å². The number of oxime groups is 1. The first-order valence-electron chi connectivity index (χ1n) is 6.07. The second-order valence-electron chi connectivity index (χ2n) is 3.99. The number of hydrogen-bond donors (Lipinski definition) is 4. The molecule has 0 aliphatic carbocycles. The maximum absolute atomic E-state index is 11.4. The average Bonchev–Trinajstić information content (AvgIpc) is 2.44. The maximum Gasteiger partial charge on any atom is 0.233 e. The lowest BCUT2D eigenvalue weighted by Gasteiger charge is -2.06.